The maximum absolute atomic E-state index is 12.3. The first-order valence-electron chi connectivity index (χ1n) is 7.53. The van der Waals surface area contributed by atoms with Crippen LogP contribution in [0.2, 0.25) is 0 Å². The molecular weight excluding hydrogens is 240 g/mol. The highest BCUT2D eigenvalue weighted by Crippen LogP contribution is 2.38. The number of amides is 1. The first kappa shape index (κ1) is 14.6. The van der Waals surface area contributed by atoms with Crippen molar-refractivity contribution >= 4 is 6.09 Å². The lowest BCUT2D eigenvalue weighted by Crippen LogP contribution is -2.52. The molecule has 2 heterocycles. The van der Waals surface area contributed by atoms with E-state index in [4.69, 9.17) is 4.74 Å². The second-order valence-electron chi connectivity index (χ2n) is 6.97. The van der Waals surface area contributed by atoms with Crippen LogP contribution < -0.4 is 0 Å². The van der Waals surface area contributed by atoms with Crippen LogP contribution in [0.1, 0.15) is 53.4 Å². The number of rotatable bonds is 2. The van der Waals surface area contributed by atoms with Crippen LogP contribution in [0.4, 0.5) is 4.79 Å². The van der Waals surface area contributed by atoms with Gasteiger partial charge in [-0.05, 0) is 60.0 Å². The van der Waals surface area contributed by atoms with E-state index in [1.54, 1.807) is 0 Å². The number of fused-ring (bicyclic) bond motifs is 2. The smallest absolute Gasteiger partial charge is 0.410 e. The van der Waals surface area contributed by atoms with E-state index in [0.29, 0.717) is 18.1 Å². The highest BCUT2D eigenvalue weighted by atomic mass is 16.6. The Hall–Kier alpha value is -0.770. The van der Waals surface area contributed by atoms with Crippen molar-refractivity contribution < 1.29 is 9.53 Å². The van der Waals surface area contributed by atoms with E-state index in [-0.39, 0.29) is 6.09 Å². The number of hydrogen-bond acceptors (Lipinski definition) is 3. The quantitative estimate of drug-likeness (QED) is 0.772. The Morgan fingerprint density at radius 1 is 1.26 bits per heavy atom. The highest BCUT2D eigenvalue weighted by Gasteiger charge is 2.45. The van der Waals surface area contributed by atoms with Crippen molar-refractivity contribution in [2.24, 2.45) is 0 Å². The van der Waals surface area contributed by atoms with Gasteiger partial charge in [-0.15, -0.1) is 0 Å². The van der Waals surface area contributed by atoms with Gasteiger partial charge < -0.3 is 14.5 Å². The number of hydrogen-bond donors (Lipinski definition) is 0. The largest absolute Gasteiger partial charge is 0.444 e. The molecule has 2 saturated heterocycles. The molecule has 0 spiro atoms. The third-order valence-electron chi connectivity index (χ3n) is 4.43. The van der Waals surface area contributed by atoms with Crippen LogP contribution in [-0.2, 0) is 4.74 Å². The monoisotopic (exact) mass is 268 g/mol. The van der Waals surface area contributed by atoms with Gasteiger partial charge in [0.2, 0.25) is 0 Å². The third-order valence-corrected chi connectivity index (χ3v) is 4.43. The minimum absolute atomic E-state index is 0.113. The lowest BCUT2D eigenvalue weighted by molar-refractivity contribution is -0.00181. The Balaban J connectivity index is 2.01. The average molecular weight is 268 g/mol. The average Bonchev–Trinajstić information content (AvgIpc) is 2.57. The number of carbonyl (C=O) groups excluding carboxylic acids is 1. The van der Waals surface area contributed by atoms with Crippen LogP contribution in [0.15, 0.2) is 0 Å². The molecule has 0 aromatic carbocycles. The van der Waals surface area contributed by atoms with Gasteiger partial charge in [0.25, 0.3) is 0 Å². The van der Waals surface area contributed by atoms with Crippen LogP contribution >= 0.6 is 0 Å². The van der Waals surface area contributed by atoms with Crippen molar-refractivity contribution in [3.63, 3.8) is 0 Å². The van der Waals surface area contributed by atoms with Crippen molar-refractivity contribution in [3.8, 4) is 0 Å². The summed E-state index contributed by atoms with van der Waals surface area (Å²) >= 11 is 0. The molecule has 2 atom stereocenters. The van der Waals surface area contributed by atoms with E-state index >= 15 is 0 Å². The van der Waals surface area contributed by atoms with Gasteiger partial charge in [-0.3, -0.25) is 0 Å². The Kier molecular flexibility index (Phi) is 4.09. The number of piperidine rings is 1. The molecule has 2 aliphatic rings. The molecule has 110 valence electrons. The van der Waals surface area contributed by atoms with E-state index in [2.05, 4.69) is 18.9 Å². The fourth-order valence-corrected chi connectivity index (χ4v) is 3.38. The molecule has 0 aromatic heterocycles. The lowest BCUT2D eigenvalue weighted by atomic mass is 9.96. The summed E-state index contributed by atoms with van der Waals surface area (Å²) in [6.07, 6.45) is 4.36. The molecule has 2 unspecified atom stereocenters. The fraction of sp³-hybridized carbons (Fsp3) is 0.933. The number of nitrogens with zero attached hydrogens (tertiary/aromatic N) is 2. The topological polar surface area (TPSA) is 32.8 Å². The zero-order chi connectivity index (χ0) is 14.2. The molecule has 0 aliphatic carbocycles. The Labute approximate surface area is 117 Å². The summed E-state index contributed by atoms with van der Waals surface area (Å²) < 4.78 is 5.55. The van der Waals surface area contributed by atoms with Crippen LogP contribution in [0.3, 0.4) is 0 Å². The summed E-state index contributed by atoms with van der Waals surface area (Å²) in [5.41, 5.74) is -0.395. The second kappa shape index (κ2) is 5.31. The van der Waals surface area contributed by atoms with Gasteiger partial charge in [-0.25, -0.2) is 4.79 Å². The summed E-state index contributed by atoms with van der Waals surface area (Å²) in [5, 5.41) is 0. The van der Waals surface area contributed by atoms with Crippen molar-refractivity contribution in [2.45, 2.75) is 77.1 Å². The molecule has 2 aliphatic heterocycles. The molecule has 4 heteroatoms. The second-order valence-corrected chi connectivity index (χ2v) is 6.97. The van der Waals surface area contributed by atoms with Crippen LogP contribution in [0.25, 0.3) is 0 Å². The molecule has 2 rings (SSSR count). The molecule has 2 bridgehead atoms. The zero-order valence-corrected chi connectivity index (χ0v) is 13.0. The summed E-state index contributed by atoms with van der Waals surface area (Å²) in [4.78, 5) is 16.7. The van der Waals surface area contributed by atoms with Crippen molar-refractivity contribution in [3.05, 3.63) is 0 Å². The molecule has 0 N–H and O–H groups in total. The van der Waals surface area contributed by atoms with Crippen LogP contribution in [0.5, 0.6) is 0 Å². The van der Waals surface area contributed by atoms with Crippen molar-refractivity contribution in [1.82, 2.24) is 9.80 Å². The van der Waals surface area contributed by atoms with E-state index in [1.807, 2.05) is 25.7 Å². The lowest BCUT2D eigenvalue weighted by Gasteiger charge is -2.42. The van der Waals surface area contributed by atoms with Crippen molar-refractivity contribution in [1.29, 1.82) is 0 Å². The molecule has 1 amide bonds. The van der Waals surface area contributed by atoms with Gasteiger partial charge in [-0.2, -0.15) is 0 Å². The fourth-order valence-electron chi connectivity index (χ4n) is 3.38. The van der Waals surface area contributed by atoms with E-state index in [0.717, 1.165) is 32.2 Å². The molecule has 19 heavy (non-hydrogen) atoms. The van der Waals surface area contributed by atoms with E-state index in [1.165, 1.54) is 0 Å². The summed E-state index contributed by atoms with van der Waals surface area (Å²) in [7, 11) is 2.19. The van der Waals surface area contributed by atoms with Crippen LogP contribution in [-0.4, -0.2) is 53.2 Å². The molecule has 4 nitrogen and oxygen atoms in total. The van der Waals surface area contributed by atoms with Crippen molar-refractivity contribution in [2.75, 3.05) is 13.6 Å². The van der Waals surface area contributed by atoms with Gasteiger partial charge in [0.05, 0.1) is 0 Å². The van der Waals surface area contributed by atoms with Crippen LogP contribution in [0, 0.1) is 0 Å². The third kappa shape index (κ3) is 3.22. The Bertz CT molecular complexity index is 324. The maximum atomic E-state index is 12.3. The predicted octanol–water partition coefficient (Wildman–Crippen LogP) is 2.87. The Morgan fingerprint density at radius 3 is 2.21 bits per heavy atom. The minimum atomic E-state index is -0.395. The van der Waals surface area contributed by atoms with E-state index in [9.17, 15) is 4.79 Å². The van der Waals surface area contributed by atoms with Gasteiger partial charge >= 0.3 is 6.09 Å². The Morgan fingerprint density at radius 2 is 1.79 bits per heavy atom. The molecule has 2 fully saturated rings. The molecule has 0 radical (unpaired) electrons. The standard InChI is InChI=1S/C15H28N2O2/c1-6-16(5)13-9-11-7-8-12(10-13)17(11)14(18)19-15(2,3)4/h11-13H,6-10H2,1-5H3. The normalized spacial score (nSPS) is 30.8. The molecule has 0 aromatic rings. The summed E-state index contributed by atoms with van der Waals surface area (Å²) in [5.74, 6) is 0. The highest BCUT2D eigenvalue weighted by molar-refractivity contribution is 5.69. The number of carbonyl (C=O) groups is 1. The van der Waals surface area contributed by atoms with Gasteiger partial charge in [0.15, 0.2) is 0 Å². The van der Waals surface area contributed by atoms with E-state index < -0.39 is 5.60 Å². The summed E-state index contributed by atoms with van der Waals surface area (Å²) in [6.45, 7) is 9.08. The molecule has 0 saturated carbocycles. The number of ether oxygens (including phenoxy) is 1. The predicted molar refractivity (Wildman–Crippen MR) is 76.2 cm³/mol. The minimum Gasteiger partial charge on any atom is -0.444 e. The van der Waals surface area contributed by atoms with Gasteiger partial charge in [0.1, 0.15) is 5.60 Å². The zero-order valence-electron chi connectivity index (χ0n) is 13.0. The first-order chi connectivity index (χ1) is 8.81. The first-order valence-corrected chi connectivity index (χ1v) is 7.53. The van der Waals surface area contributed by atoms with Gasteiger partial charge in [0, 0.05) is 18.1 Å². The SMILES string of the molecule is CCN(C)C1CC2CCC(C1)N2C(=O)OC(C)(C)C. The maximum Gasteiger partial charge on any atom is 0.410 e. The van der Waals surface area contributed by atoms with Gasteiger partial charge in [-0.1, -0.05) is 6.92 Å². The molecular formula is C15H28N2O2. The summed E-state index contributed by atoms with van der Waals surface area (Å²) in [6, 6.07) is 1.39.